The minimum absolute atomic E-state index is 0.190. The van der Waals surface area contributed by atoms with E-state index in [0.29, 0.717) is 0 Å². The molecule has 2 rings (SSSR count). The first-order valence-corrected chi connectivity index (χ1v) is 4.96. The van der Waals surface area contributed by atoms with Crippen LogP contribution in [0.1, 0.15) is 31.2 Å². The molecule has 0 aromatic heterocycles. The lowest BCUT2D eigenvalue weighted by Gasteiger charge is -2.24. The number of hydrogen-bond donors (Lipinski definition) is 2. The normalized spacial score (nSPS) is 19.9. The Bertz CT molecular complexity index is 343. The van der Waals surface area contributed by atoms with E-state index in [2.05, 4.69) is 0 Å². The van der Waals surface area contributed by atoms with Gasteiger partial charge in [0, 0.05) is 5.54 Å². The number of anilines is 1. The van der Waals surface area contributed by atoms with Gasteiger partial charge in [0.25, 0.3) is 0 Å². The second-order valence-electron chi connectivity index (χ2n) is 4.10. The SMILES string of the molecule is Nc1ccc(C2(N)CCCC2)cc1F. The van der Waals surface area contributed by atoms with Crippen molar-refractivity contribution >= 4 is 5.69 Å². The molecule has 0 saturated heterocycles. The minimum atomic E-state index is -0.362. The van der Waals surface area contributed by atoms with Crippen LogP contribution < -0.4 is 11.5 Å². The van der Waals surface area contributed by atoms with Crippen molar-refractivity contribution < 1.29 is 4.39 Å². The molecule has 1 aliphatic carbocycles. The lowest BCUT2D eigenvalue weighted by Crippen LogP contribution is -2.33. The molecule has 1 fully saturated rings. The molecule has 1 saturated carbocycles. The van der Waals surface area contributed by atoms with Crippen LogP contribution in [0.3, 0.4) is 0 Å². The minimum Gasteiger partial charge on any atom is -0.396 e. The summed E-state index contributed by atoms with van der Waals surface area (Å²) in [6, 6.07) is 4.90. The Labute approximate surface area is 83.1 Å². The van der Waals surface area contributed by atoms with E-state index in [4.69, 9.17) is 11.5 Å². The van der Waals surface area contributed by atoms with Crippen molar-refractivity contribution in [3.8, 4) is 0 Å². The van der Waals surface area contributed by atoms with Crippen LogP contribution in [0, 0.1) is 5.82 Å². The Balaban J connectivity index is 2.36. The summed E-state index contributed by atoms with van der Waals surface area (Å²) in [5, 5.41) is 0. The molecule has 0 unspecified atom stereocenters. The van der Waals surface area contributed by atoms with E-state index < -0.39 is 0 Å². The van der Waals surface area contributed by atoms with Gasteiger partial charge in [-0.25, -0.2) is 4.39 Å². The zero-order valence-electron chi connectivity index (χ0n) is 8.09. The maximum atomic E-state index is 13.2. The summed E-state index contributed by atoms with van der Waals surface area (Å²) in [6.07, 6.45) is 4.14. The van der Waals surface area contributed by atoms with Gasteiger partial charge in [-0.1, -0.05) is 18.9 Å². The zero-order chi connectivity index (χ0) is 10.2. The van der Waals surface area contributed by atoms with Gasteiger partial charge in [-0.2, -0.15) is 0 Å². The number of nitrogen functional groups attached to an aromatic ring is 1. The quantitative estimate of drug-likeness (QED) is 0.673. The predicted octanol–water partition coefficient (Wildman–Crippen LogP) is 2.14. The first-order valence-electron chi connectivity index (χ1n) is 4.96. The average molecular weight is 194 g/mol. The highest BCUT2D eigenvalue weighted by Crippen LogP contribution is 2.36. The molecule has 0 radical (unpaired) electrons. The molecular weight excluding hydrogens is 179 g/mol. The van der Waals surface area contributed by atoms with Gasteiger partial charge in [0.05, 0.1) is 5.69 Å². The summed E-state index contributed by atoms with van der Waals surface area (Å²) in [7, 11) is 0. The maximum Gasteiger partial charge on any atom is 0.146 e. The zero-order valence-corrected chi connectivity index (χ0v) is 8.09. The second-order valence-corrected chi connectivity index (χ2v) is 4.10. The lowest BCUT2D eigenvalue weighted by molar-refractivity contribution is 0.458. The second kappa shape index (κ2) is 3.24. The van der Waals surface area contributed by atoms with Crippen LogP contribution in [0.25, 0.3) is 0 Å². The van der Waals surface area contributed by atoms with Crippen molar-refractivity contribution in [2.45, 2.75) is 31.2 Å². The van der Waals surface area contributed by atoms with Crippen molar-refractivity contribution in [1.29, 1.82) is 0 Å². The van der Waals surface area contributed by atoms with Crippen LogP contribution in [0.15, 0.2) is 18.2 Å². The van der Waals surface area contributed by atoms with Crippen molar-refractivity contribution in [2.75, 3.05) is 5.73 Å². The first-order chi connectivity index (χ1) is 6.62. The molecule has 0 aliphatic heterocycles. The molecule has 0 spiro atoms. The molecule has 2 nitrogen and oxygen atoms in total. The van der Waals surface area contributed by atoms with E-state index in [9.17, 15) is 4.39 Å². The molecule has 0 heterocycles. The Hall–Kier alpha value is -1.09. The van der Waals surface area contributed by atoms with Crippen LogP contribution in [-0.4, -0.2) is 0 Å². The van der Waals surface area contributed by atoms with Crippen LogP contribution in [0.5, 0.6) is 0 Å². The van der Waals surface area contributed by atoms with E-state index in [1.54, 1.807) is 6.07 Å². The molecule has 0 bridgehead atoms. The Morgan fingerprint density at radius 2 is 1.86 bits per heavy atom. The van der Waals surface area contributed by atoms with Gasteiger partial charge in [-0.3, -0.25) is 0 Å². The summed E-state index contributed by atoms with van der Waals surface area (Å²) in [4.78, 5) is 0. The van der Waals surface area contributed by atoms with Gasteiger partial charge in [0.2, 0.25) is 0 Å². The van der Waals surface area contributed by atoms with Crippen LogP contribution in [0.4, 0.5) is 10.1 Å². The third-order valence-corrected chi connectivity index (χ3v) is 3.07. The first kappa shape index (κ1) is 9.46. The molecule has 1 aromatic carbocycles. The van der Waals surface area contributed by atoms with E-state index in [-0.39, 0.29) is 17.0 Å². The molecular formula is C11H15FN2. The summed E-state index contributed by atoms with van der Waals surface area (Å²) in [5.74, 6) is -0.362. The monoisotopic (exact) mass is 194 g/mol. The van der Waals surface area contributed by atoms with Crippen LogP contribution >= 0.6 is 0 Å². The smallest absolute Gasteiger partial charge is 0.146 e. The Morgan fingerprint density at radius 1 is 1.21 bits per heavy atom. The standard InChI is InChI=1S/C11H15FN2/c12-9-7-8(3-4-10(9)13)11(14)5-1-2-6-11/h3-4,7H,1-2,5-6,13-14H2. The number of rotatable bonds is 1. The van der Waals surface area contributed by atoms with Gasteiger partial charge in [-0.05, 0) is 30.5 Å². The third-order valence-electron chi connectivity index (χ3n) is 3.07. The topological polar surface area (TPSA) is 52.0 Å². The summed E-state index contributed by atoms with van der Waals surface area (Å²) in [5.41, 5.74) is 12.3. The van der Waals surface area contributed by atoms with Crippen molar-refractivity contribution in [3.63, 3.8) is 0 Å². The largest absolute Gasteiger partial charge is 0.396 e. The number of benzene rings is 1. The fourth-order valence-corrected chi connectivity index (χ4v) is 2.13. The number of halogens is 1. The van der Waals surface area contributed by atoms with Gasteiger partial charge < -0.3 is 11.5 Å². The average Bonchev–Trinajstić information content (AvgIpc) is 2.58. The van der Waals surface area contributed by atoms with Crippen molar-refractivity contribution in [3.05, 3.63) is 29.6 Å². The molecule has 4 N–H and O–H groups in total. The summed E-state index contributed by atoms with van der Waals surface area (Å²) < 4.78 is 13.2. The van der Waals surface area contributed by atoms with Gasteiger partial charge in [0.15, 0.2) is 0 Å². The Kier molecular flexibility index (Phi) is 2.19. The van der Waals surface area contributed by atoms with E-state index in [1.807, 2.05) is 6.07 Å². The highest BCUT2D eigenvalue weighted by molar-refractivity contribution is 5.43. The highest BCUT2D eigenvalue weighted by Gasteiger charge is 2.31. The number of nitrogens with two attached hydrogens (primary N) is 2. The van der Waals surface area contributed by atoms with Crippen molar-refractivity contribution in [2.24, 2.45) is 5.73 Å². The fraction of sp³-hybridized carbons (Fsp3) is 0.455. The molecule has 76 valence electrons. The summed E-state index contributed by atoms with van der Waals surface area (Å²) in [6.45, 7) is 0. The van der Waals surface area contributed by atoms with Crippen LogP contribution in [0.2, 0.25) is 0 Å². The van der Waals surface area contributed by atoms with E-state index in [1.165, 1.54) is 6.07 Å². The molecule has 3 heteroatoms. The lowest BCUT2D eigenvalue weighted by atomic mass is 9.89. The van der Waals surface area contributed by atoms with E-state index >= 15 is 0 Å². The molecule has 14 heavy (non-hydrogen) atoms. The predicted molar refractivity (Wildman–Crippen MR) is 55.1 cm³/mol. The Morgan fingerprint density at radius 3 is 2.43 bits per heavy atom. The maximum absolute atomic E-state index is 13.2. The number of hydrogen-bond acceptors (Lipinski definition) is 2. The summed E-state index contributed by atoms with van der Waals surface area (Å²) >= 11 is 0. The van der Waals surface area contributed by atoms with Gasteiger partial charge in [0.1, 0.15) is 5.82 Å². The molecule has 1 aliphatic rings. The highest BCUT2D eigenvalue weighted by atomic mass is 19.1. The molecule has 0 atom stereocenters. The van der Waals surface area contributed by atoms with Gasteiger partial charge in [-0.15, -0.1) is 0 Å². The van der Waals surface area contributed by atoms with Crippen LogP contribution in [-0.2, 0) is 5.54 Å². The van der Waals surface area contributed by atoms with E-state index in [0.717, 1.165) is 31.2 Å². The molecule has 0 amide bonds. The fourth-order valence-electron chi connectivity index (χ4n) is 2.13. The third kappa shape index (κ3) is 1.48. The van der Waals surface area contributed by atoms with Crippen molar-refractivity contribution in [1.82, 2.24) is 0 Å². The van der Waals surface area contributed by atoms with Gasteiger partial charge >= 0.3 is 0 Å². The molecule has 1 aromatic rings.